The van der Waals surface area contributed by atoms with Gasteiger partial charge in [0.05, 0.1) is 12.0 Å². The van der Waals surface area contributed by atoms with Gasteiger partial charge in [0, 0.05) is 0 Å². The van der Waals surface area contributed by atoms with Crippen molar-refractivity contribution in [3.05, 3.63) is 0 Å². The smallest absolute Gasteiger partial charge is 0.311 e. The molecule has 0 spiro atoms. The third kappa shape index (κ3) is 5.17. The third-order valence-electron chi connectivity index (χ3n) is 2.43. The molecule has 1 N–H and O–H groups in total. The molecule has 0 aromatic carbocycles. The van der Waals surface area contributed by atoms with Crippen LogP contribution in [0.2, 0.25) is 0 Å². The summed E-state index contributed by atoms with van der Waals surface area (Å²) in [5.41, 5.74) is -0.501. The Morgan fingerprint density at radius 1 is 1.40 bits per heavy atom. The average molecular weight is 216 g/mol. The van der Waals surface area contributed by atoms with Crippen LogP contribution in [-0.2, 0) is 9.53 Å². The van der Waals surface area contributed by atoms with Crippen molar-refractivity contribution < 1.29 is 14.6 Å². The minimum atomic E-state index is -0.501. The van der Waals surface area contributed by atoms with Gasteiger partial charge in [0.1, 0.15) is 6.10 Å². The number of aliphatic hydroxyl groups excluding tert-OH is 1. The van der Waals surface area contributed by atoms with E-state index in [1.165, 1.54) is 0 Å². The van der Waals surface area contributed by atoms with Crippen molar-refractivity contribution >= 4 is 5.97 Å². The molecule has 3 heteroatoms. The summed E-state index contributed by atoms with van der Waals surface area (Å²) in [6, 6.07) is 0. The number of carbonyl (C=O) groups excluding carboxylic acids is 1. The van der Waals surface area contributed by atoms with Crippen LogP contribution in [0.1, 0.15) is 47.5 Å². The van der Waals surface area contributed by atoms with E-state index in [2.05, 4.69) is 6.92 Å². The average Bonchev–Trinajstić information content (AvgIpc) is 2.12. The van der Waals surface area contributed by atoms with Crippen molar-refractivity contribution in [2.45, 2.75) is 53.6 Å². The van der Waals surface area contributed by atoms with Gasteiger partial charge in [-0.25, -0.2) is 0 Å². The van der Waals surface area contributed by atoms with E-state index in [4.69, 9.17) is 9.84 Å². The molecule has 0 aliphatic carbocycles. The molecule has 0 aromatic rings. The predicted octanol–water partition coefficient (Wildman–Crippen LogP) is 2.37. The highest BCUT2D eigenvalue weighted by Gasteiger charge is 2.28. The summed E-state index contributed by atoms with van der Waals surface area (Å²) >= 11 is 0. The molecule has 90 valence electrons. The van der Waals surface area contributed by atoms with Crippen LogP contribution in [0.4, 0.5) is 0 Å². The van der Waals surface area contributed by atoms with E-state index in [1.807, 2.05) is 27.7 Å². The Labute approximate surface area is 92.8 Å². The number of rotatable bonds is 5. The summed E-state index contributed by atoms with van der Waals surface area (Å²) in [5, 5.41) is 9.16. The second kappa shape index (κ2) is 6.11. The van der Waals surface area contributed by atoms with Crippen molar-refractivity contribution in [3.63, 3.8) is 0 Å². The number of hydrogen-bond donors (Lipinski definition) is 1. The highest BCUT2D eigenvalue weighted by molar-refractivity contribution is 5.75. The fraction of sp³-hybridized carbons (Fsp3) is 0.917. The lowest BCUT2D eigenvalue weighted by molar-refractivity contribution is -0.163. The maximum absolute atomic E-state index is 11.6. The van der Waals surface area contributed by atoms with Gasteiger partial charge >= 0.3 is 5.97 Å². The normalized spacial score (nSPS) is 15.9. The number of esters is 1. The van der Waals surface area contributed by atoms with Crippen LogP contribution in [-0.4, -0.2) is 23.8 Å². The van der Waals surface area contributed by atoms with Crippen LogP contribution >= 0.6 is 0 Å². The lowest BCUT2D eigenvalue weighted by Crippen LogP contribution is -2.34. The molecule has 0 saturated heterocycles. The fourth-order valence-corrected chi connectivity index (χ4v) is 1.29. The SMILES string of the molecule is CCC[C@@H](C)[C@@H](CO)OC(=O)C(C)(C)C. The van der Waals surface area contributed by atoms with Crippen molar-refractivity contribution in [1.29, 1.82) is 0 Å². The molecule has 0 saturated carbocycles. The molecule has 15 heavy (non-hydrogen) atoms. The van der Waals surface area contributed by atoms with E-state index in [0.29, 0.717) is 0 Å². The second-order valence-corrected chi connectivity index (χ2v) is 5.14. The van der Waals surface area contributed by atoms with Gasteiger partial charge < -0.3 is 9.84 Å². The summed E-state index contributed by atoms with van der Waals surface area (Å²) in [5.74, 6) is -0.0317. The molecule has 0 fully saturated rings. The molecule has 0 aliphatic rings. The van der Waals surface area contributed by atoms with E-state index in [1.54, 1.807) is 0 Å². The van der Waals surface area contributed by atoms with Crippen LogP contribution in [0.3, 0.4) is 0 Å². The standard InChI is InChI=1S/C12H24O3/c1-6-7-9(2)10(8-13)15-11(14)12(3,4)5/h9-10,13H,6-8H2,1-5H3/t9-,10-/m1/s1. The Balaban J connectivity index is 4.27. The van der Waals surface area contributed by atoms with Gasteiger partial charge in [-0.1, -0.05) is 20.3 Å². The molecular formula is C12H24O3. The first-order chi connectivity index (χ1) is 6.82. The van der Waals surface area contributed by atoms with Crippen LogP contribution in [0.25, 0.3) is 0 Å². The zero-order valence-electron chi connectivity index (χ0n) is 10.5. The molecule has 0 unspecified atom stereocenters. The van der Waals surface area contributed by atoms with Gasteiger partial charge in [0.15, 0.2) is 0 Å². The monoisotopic (exact) mass is 216 g/mol. The highest BCUT2D eigenvalue weighted by atomic mass is 16.6. The minimum Gasteiger partial charge on any atom is -0.459 e. The molecule has 0 aromatic heterocycles. The maximum Gasteiger partial charge on any atom is 0.311 e. The molecule has 3 nitrogen and oxygen atoms in total. The first-order valence-electron chi connectivity index (χ1n) is 5.64. The van der Waals surface area contributed by atoms with Gasteiger partial charge in [-0.05, 0) is 33.1 Å². The van der Waals surface area contributed by atoms with Crippen molar-refractivity contribution in [3.8, 4) is 0 Å². The Kier molecular flexibility index (Phi) is 5.88. The summed E-state index contributed by atoms with van der Waals surface area (Å²) < 4.78 is 5.29. The maximum atomic E-state index is 11.6. The van der Waals surface area contributed by atoms with E-state index in [-0.39, 0.29) is 24.6 Å². The van der Waals surface area contributed by atoms with Crippen molar-refractivity contribution in [2.75, 3.05) is 6.61 Å². The van der Waals surface area contributed by atoms with Crippen LogP contribution in [0.15, 0.2) is 0 Å². The Hall–Kier alpha value is -0.570. The predicted molar refractivity (Wildman–Crippen MR) is 60.5 cm³/mol. The number of carbonyl (C=O) groups is 1. The van der Waals surface area contributed by atoms with Gasteiger partial charge in [0.2, 0.25) is 0 Å². The van der Waals surface area contributed by atoms with Crippen molar-refractivity contribution in [1.82, 2.24) is 0 Å². The molecule has 0 heterocycles. The molecule has 0 radical (unpaired) electrons. The molecule has 0 rings (SSSR count). The molecule has 0 aliphatic heterocycles. The second-order valence-electron chi connectivity index (χ2n) is 5.14. The first-order valence-corrected chi connectivity index (χ1v) is 5.64. The van der Waals surface area contributed by atoms with E-state index < -0.39 is 5.41 Å². The van der Waals surface area contributed by atoms with Gasteiger partial charge in [-0.3, -0.25) is 4.79 Å². The van der Waals surface area contributed by atoms with Crippen LogP contribution in [0, 0.1) is 11.3 Å². The third-order valence-corrected chi connectivity index (χ3v) is 2.43. The minimum absolute atomic E-state index is 0.0943. The van der Waals surface area contributed by atoms with E-state index in [9.17, 15) is 4.79 Å². The highest BCUT2D eigenvalue weighted by Crippen LogP contribution is 2.20. The van der Waals surface area contributed by atoms with Crippen LogP contribution in [0.5, 0.6) is 0 Å². The van der Waals surface area contributed by atoms with E-state index in [0.717, 1.165) is 12.8 Å². The van der Waals surface area contributed by atoms with Crippen LogP contribution < -0.4 is 0 Å². The van der Waals surface area contributed by atoms with Gasteiger partial charge in [-0.2, -0.15) is 0 Å². The van der Waals surface area contributed by atoms with Crippen molar-refractivity contribution in [2.24, 2.45) is 11.3 Å². The largest absolute Gasteiger partial charge is 0.459 e. The Morgan fingerprint density at radius 2 is 1.93 bits per heavy atom. The summed E-state index contributed by atoms with van der Waals surface area (Å²) in [6.07, 6.45) is 1.63. The summed E-state index contributed by atoms with van der Waals surface area (Å²) in [6.45, 7) is 9.43. The molecular weight excluding hydrogens is 192 g/mol. The number of hydrogen-bond acceptors (Lipinski definition) is 3. The Morgan fingerprint density at radius 3 is 2.27 bits per heavy atom. The fourth-order valence-electron chi connectivity index (χ4n) is 1.29. The zero-order valence-corrected chi connectivity index (χ0v) is 10.5. The topological polar surface area (TPSA) is 46.5 Å². The summed E-state index contributed by atoms with van der Waals surface area (Å²) in [4.78, 5) is 11.6. The quantitative estimate of drug-likeness (QED) is 0.718. The lowest BCUT2D eigenvalue weighted by atomic mass is 9.96. The Bertz CT molecular complexity index is 194. The molecule has 2 atom stereocenters. The number of ether oxygens (including phenoxy) is 1. The van der Waals surface area contributed by atoms with E-state index >= 15 is 0 Å². The summed E-state index contributed by atoms with van der Waals surface area (Å²) in [7, 11) is 0. The molecule has 0 amide bonds. The lowest BCUT2D eigenvalue weighted by Gasteiger charge is -2.26. The van der Waals surface area contributed by atoms with Gasteiger partial charge in [0.25, 0.3) is 0 Å². The first kappa shape index (κ1) is 14.4. The van der Waals surface area contributed by atoms with Gasteiger partial charge in [-0.15, -0.1) is 0 Å². The number of aliphatic hydroxyl groups is 1. The molecule has 0 bridgehead atoms. The zero-order chi connectivity index (χ0) is 12.1.